The molecule has 1 unspecified atom stereocenters. The molecule has 3 heterocycles. The molecule has 41 heavy (non-hydrogen) atoms. The van der Waals surface area contributed by atoms with E-state index >= 15 is 0 Å². The number of nitrogens with one attached hydrogen (secondary N) is 2. The van der Waals surface area contributed by atoms with Crippen LogP contribution in [0.3, 0.4) is 0 Å². The molecule has 0 aromatic carbocycles. The molecule has 3 amide bonds. The summed E-state index contributed by atoms with van der Waals surface area (Å²) in [5.74, 6) is -4.72. The second kappa shape index (κ2) is 9.63. The molecule has 1 saturated carbocycles. The van der Waals surface area contributed by atoms with Crippen LogP contribution in [-0.4, -0.2) is 56.8 Å². The maximum absolute atomic E-state index is 13.7. The topological polar surface area (TPSA) is 120 Å². The Morgan fingerprint density at radius 1 is 1.10 bits per heavy atom. The van der Waals surface area contributed by atoms with Gasteiger partial charge in [-0.05, 0) is 34.8 Å². The highest BCUT2D eigenvalue weighted by Crippen LogP contribution is 2.65. The molecule has 2 aliphatic rings. The van der Waals surface area contributed by atoms with Gasteiger partial charge in [0.15, 0.2) is 6.04 Å². The monoisotopic (exact) mass is 586 g/mol. The van der Waals surface area contributed by atoms with E-state index in [4.69, 9.17) is 0 Å². The number of carbonyl (C=O) groups excluding carboxylic acids is 3. The summed E-state index contributed by atoms with van der Waals surface area (Å²) >= 11 is 0. The molecule has 9 nitrogen and oxygen atoms in total. The number of piperidine rings is 1. The summed E-state index contributed by atoms with van der Waals surface area (Å²) in [6, 6.07) is 0.511. The van der Waals surface area contributed by atoms with Gasteiger partial charge in [-0.25, -0.2) is 4.98 Å². The lowest BCUT2D eigenvalue weighted by Gasteiger charge is -2.37. The second-order valence-electron chi connectivity index (χ2n) is 12.0. The number of likely N-dealkylation sites (tertiary alicyclic amines) is 1. The highest BCUT2D eigenvalue weighted by molar-refractivity contribution is 5.95. The number of hydrogen-bond acceptors (Lipinski definition) is 5. The number of hydrogen-bond donors (Lipinski definition) is 2. The molecule has 4 rings (SSSR count). The third-order valence-electron chi connectivity index (χ3n) is 7.96. The van der Waals surface area contributed by atoms with Crippen molar-refractivity contribution in [1.29, 1.82) is 5.26 Å². The molecular formula is C26H28F6N6O3. The first kappa shape index (κ1) is 30.1. The number of amides is 3. The molecule has 222 valence electrons. The lowest BCUT2D eigenvalue weighted by molar-refractivity contribution is -0.176. The van der Waals surface area contributed by atoms with Gasteiger partial charge in [0.25, 0.3) is 0 Å². The number of nitrogens with zero attached hydrogens (tertiary/aromatic N) is 4. The number of pyridine rings is 1. The fourth-order valence-corrected chi connectivity index (χ4v) is 5.73. The SMILES string of the molecule is CC(C)(C)[C@H](NC(=O)C(F)(F)F)C(=O)N1C[C@H]2[C@@H]([C@H]1C(=O)NC(C#N)c1cnc3cccc(C(F)(F)F)n13)C2(C)C. The van der Waals surface area contributed by atoms with E-state index in [0.29, 0.717) is 4.40 Å². The normalized spacial score (nSPS) is 23.4. The maximum Gasteiger partial charge on any atom is 0.471 e. The Bertz CT molecular complexity index is 1430. The van der Waals surface area contributed by atoms with Crippen LogP contribution in [0.2, 0.25) is 0 Å². The minimum atomic E-state index is -5.25. The molecule has 2 N–H and O–H groups in total. The Hall–Kier alpha value is -3.83. The van der Waals surface area contributed by atoms with Crippen LogP contribution in [0.15, 0.2) is 24.4 Å². The van der Waals surface area contributed by atoms with E-state index in [0.717, 1.165) is 23.2 Å². The van der Waals surface area contributed by atoms with Gasteiger partial charge >= 0.3 is 18.3 Å². The fraction of sp³-hybridized carbons (Fsp3) is 0.577. The largest absolute Gasteiger partial charge is 0.471 e. The maximum atomic E-state index is 13.7. The molecule has 2 aromatic heterocycles. The summed E-state index contributed by atoms with van der Waals surface area (Å²) in [6.07, 6.45) is -9.02. The molecule has 1 aliphatic heterocycles. The Morgan fingerprint density at radius 3 is 2.27 bits per heavy atom. The molecule has 15 heteroatoms. The fourth-order valence-electron chi connectivity index (χ4n) is 5.73. The highest BCUT2D eigenvalue weighted by atomic mass is 19.4. The van der Waals surface area contributed by atoms with Crippen molar-refractivity contribution >= 4 is 23.4 Å². The first-order chi connectivity index (χ1) is 18.7. The van der Waals surface area contributed by atoms with Gasteiger partial charge in [0.05, 0.1) is 18.0 Å². The Morgan fingerprint density at radius 2 is 1.73 bits per heavy atom. The predicted octanol–water partition coefficient (Wildman–Crippen LogP) is 3.61. The van der Waals surface area contributed by atoms with Crippen molar-refractivity contribution in [3.8, 4) is 6.07 Å². The molecule has 0 radical (unpaired) electrons. The van der Waals surface area contributed by atoms with Crippen molar-refractivity contribution in [2.45, 2.75) is 65.1 Å². The first-order valence-corrected chi connectivity index (χ1v) is 12.6. The van der Waals surface area contributed by atoms with E-state index in [9.17, 15) is 46.0 Å². The van der Waals surface area contributed by atoms with Gasteiger partial charge in [-0.3, -0.25) is 18.8 Å². The van der Waals surface area contributed by atoms with Crippen molar-refractivity contribution in [1.82, 2.24) is 24.9 Å². The van der Waals surface area contributed by atoms with Gasteiger partial charge in [0.1, 0.15) is 23.4 Å². The Balaban J connectivity index is 1.66. The zero-order valence-corrected chi connectivity index (χ0v) is 22.7. The van der Waals surface area contributed by atoms with Gasteiger partial charge in [0.2, 0.25) is 11.8 Å². The molecule has 5 atom stereocenters. The van der Waals surface area contributed by atoms with E-state index in [1.54, 1.807) is 11.4 Å². The summed E-state index contributed by atoms with van der Waals surface area (Å²) in [4.78, 5) is 44.0. The molecule has 0 spiro atoms. The molecular weight excluding hydrogens is 558 g/mol. The van der Waals surface area contributed by atoms with Crippen molar-refractivity contribution in [2.75, 3.05) is 6.54 Å². The molecule has 1 aliphatic carbocycles. The summed E-state index contributed by atoms with van der Waals surface area (Å²) in [5, 5.41) is 14.0. The molecule has 2 fully saturated rings. The van der Waals surface area contributed by atoms with Gasteiger partial charge in [-0.15, -0.1) is 0 Å². The van der Waals surface area contributed by atoms with Gasteiger partial charge < -0.3 is 15.5 Å². The lowest BCUT2D eigenvalue weighted by atomic mass is 9.85. The number of fused-ring (bicyclic) bond motifs is 2. The van der Waals surface area contributed by atoms with Crippen LogP contribution in [-0.2, 0) is 20.6 Å². The van der Waals surface area contributed by atoms with Crippen LogP contribution in [0.25, 0.3) is 5.65 Å². The van der Waals surface area contributed by atoms with Gasteiger partial charge in [-0.2, -0.15) is 31.6 Å². The zero-order valence-electron chi connectivity index (χ0n) is 22.7. The minimum absolute atomic E-state index is 0.00805. The minimum Gasteiger partial charge on any atom is -0.336 e. The van der Waals surface area contributed by atoms with Crippen LogP contribution in [0.5, 0.6) is 0 Å². The van der Waals surface area contributed by atoms with Crippen molar-refractivity contribution in [3.05, 3.63) is 35.8 Å². The van der Waals surface area contributed by atoms with Gasteiger partial charge in [-0.1, -0.05) is 40.7 Å². The smallest absolute Gasteiger partial charge is 0.336 e. The number of rotatable bonds is 5. The second-order valence-corrected chi connectivity index (χ2v) is 12.0. The summed E-state index contributed by atoms with van der Waals surface area (Å²) in [5.41, 5.74) is -3.11. The van der Waals surface area contributed by atoms with Crippen LogP contribution in [0.4, 0.5) is 26.3 Å². The van der Waals surface area contributed by atoms with Crippen LogP contribution < -0.4 is 10.6 Å². The quantitative estimate of drug-likeness (QED) is 0.519. The number of nitriles is 1. The van der Waals surface area contributed by atoms with Crippen LogP contribution in [0, 0.1) is 34.0 Å². The Kier molecular flexibility index (Phi) is 7.08. The standard InChI is InChI=1S/C26H28F6N6O3/c1-23(2,3)19(36-22(41)26(30,31)32)21(40)37-11-12-17(24(12,4)5)18(37)20(39)35-13(9-33)14-10-34-16-8-6-7-15(38(14)16)25(27,28)29/h6-8,10,12-13,17-19H,11H2,1-5H3,(H,35,39)(H,36,41)/t12-,13?,17-,18-,19+/m0/s1. The number of alkyl halides is 6. The van der Waals surface area contributed by atoms with Gasteiger partial charge in [0, 0.05) is 6.54 Å². The van der Waals surface area contributed by atoms with Crippen LogP contribution in [0.1, 0.15) is 52.0 Å². The number of imidazole rings is 1. The molecule has 1 saturated heterocycles. The van der Waals surface area contributed by atoms with E-state index in [1.165, 1.54) is 26.8 Å². The van der Waals surface area contributed by atoms with Crippen molar-refractivity contribution in [3.63, 3.8) is 0 Å². The Labute approximate surface area is 230 Å². The number of halogens is 6. The summed E-state index contributed by atoms with van der Waals surface area (Å²) in [7, 11) is 0. The summed E-state index contributed by atoms with van der Waals surface area (Å²) < 4.78 is 80.9. The van der Waals surface area contributed by atoms with E-state index in [2.05, 4.69) is 10.3 Å². The van der Waals surface area contributed by atoms with Crippen molar-refractivity contribution in [2.24, 2.45) is 22.7 Å². The van der Waals surface area contributed by atoms with E-state index < -0.39 is 70.6 Å². The van der Waals surface area contributed by atoms with E-state index in [1.807, 2.05) is 13.8 Å². The van der Waals surface area contributed by atoms with E-state index in [-0.39, 0.29) is 23.8 Å². The van der Waals surface area contributed by atoms with Crippen molar-refractivity contribution < 1.29 is 40.7 Å². The number of carbonyl (C=O) groups is 3. The summed E-state index contributed by atoms with van der Waals surface area (Å²) in [6.45, 7) is 8.07. The molecule has 0 bridgehead atoms. The third kappa shape index (κ3) is 5.31. The average molecular weight is 587 g/mol. The lowest BCUT2D eigenvalue weighted by Crippen LogP contribution is -2.60. The highest BCUT2D eigenvalue weighted by Gasteiger charge is 2.70. The molecule has 2 aromatic rings. The van der Waals surface area contributed by atoms with Crippen LogP contribution >= 0.6 is 0 Å². The average Bonchev–Trinajstić information content (AvgIpc) is 3.22. The third-order valence-corrected chi connectivity index (χ3v) is 7.96. The number of aromatic nitrogens is 2. The predicted molar refractivity (Wildman–Crippen MR) is 130 cm³/mol. The zero-order chi connectivity index (χ0) is 30.9. The first-order valence-electron chi connectivity index (χ1n) is 12.6.